The van der Waals surface area contributed by atoms with Crippen LogP contribution in [-0.4, -0.2) is 22.1 Å². The highest BCUT2D eigenvalue weighted by Crippen LogP contribution is 2.13. The molecular weight excluding hydrogens is 288 g/mol. The summed E-state index contributed by atoms with van der Waals surface area (Å²) in [6.07, 6.45) is 2.18. The molecule has 20 heavy (non-hydrogen) atoms. The Labute approximate surface area is 133 Å². The monoisotopic (exact) mass is 312 g/mol. The van der Waals surface area contributed by atoms with Gasteiger partial charge in [-0.3, -0.25) is 0 Å². The smallest absolute Gasteiger partial charge is 0.169 e. The highest BCUT2D eigenvalue weighted by Gasteiger charge is 2.20. The summed E-state index contributed by atoms with van der Waals surface area (Å²) in [4.78, 5) is 2.31. The Morgan fingerprint density at radius 3 is 2.10 bits per heavy atom. The number of benzene rings is 1. The van der Waals surface area contributed by atoms with Gasteiger partial charge in [-0.05, 0) is 56.6 Å². The summed E-state index contributed by atoms with van der Waals surface area (Å²) >= 11 is 11.5. The van der Waals surface area contributed by atoms with E-state index in [1.54, 1.807) is 0 Å². The minimum atomic E-state index is 0.454. The first-order chi connectivity index (χ1) is 9.49. The van der Waals surface area contributed by atoms with Crippen LogP contribution in [0.25, 0.3) is 0 Å². The van der Waals surface area contributed by atoms with Crippen molar-refractivity contribution in [3.8, 4) is 0 Å². The van der Waals surface area contributed by atoms with Crippen molar-refractivity contribution in [1.82, 2.24) is 10.2 Å². The second kappa shape index (κ2) is 8.48. The molecule has 112 valence electrons. The highest BCUT2D eigenvalue weighted by molar-refractivity contribution is 7.80. The number of hydrogen-bond acceptors (Lipinski definition) is 1. The van der Waals surface area contributed by atoms with Gasteiger partial charge in [0.15, 0.2) is 5.11 Å². The number of nitrogens with one attached hydrogen (secondary N) is 1. The molecule has 2 unspecified atom stereocenters. The molecule has 4 heteroatoms. The van der Waals surface area contributed by atoms with Gasteiger partial charge >= 0.3 is 0 Å². The molecule has 0 heterocycles. The highest BCUT2D eigenvalue weighted by atomic mass is 35.5. The van der Waals surface area contributed by atoms with Crippen molar-refractivity contribution in [2.45, 2.75) is 59.2 Å². The van der Waals surface area contributed by atoms with E-state index in [9.17, 15) is 0 Å². The largest absolute Gasteiger partial charge is 0.358 e. The maximum Gasteiger partial charge on any atom is 0.169 e. The maximum absolute atomic E-state index is 5.89. The van der Waals surface area contributed by atoms with E-state index in [0.717, 1.165) is 29.5 Å². The van der Waals surface area contributed by atoms with Crippen molar-refractivity contribution in [1.29, 1.82) is 0 Å². The van der Waals surface area contributed by atoms with Gasteiger partial charge in [-0.1, -0.05) is 37.6 Å². The van der Waals surface area contributed by atoms with E-state index in [2.05, 4.69) is 37.9 Å². The van der Waals surface area contributed by atoms with Crippen LogP contribution >= 0.6 is 23.8 Å². The molecule has 1 N–H and O–H groups in total. The number of rotatable bonds is 6. The van der Waals surface area contributed by atoms with Crippen molar-refractivity contribution >= 4 is 28.9 Å². The number of nitrogens with zero attached hydrogens (tertiary/aromatic N) is 1. The van der Waals surface area contributed by atoms with Crippen LogP contribution in [0.2, 0.25) is 5.02 Å². The van der Waals surface area contributed by atoms with Crippen LogP contribution in [0.1, 0.15) is 46.1 Å². The molecule has 0 radical (unpaired) electrons. The molecule has 0 spiro atoms. The molecule has 0 aliphatic carbocycles. The van der Waals surface area contributed by atoms with Crippen LogP contribution in [0.3, 0.4) is 0 Å². The van der Waals surface area contributed by atoms with Crippen molar-refractivity contribution in [2.75, 3.05) is 0 Å². The van der Waals surface area contributed by atoms with Gasteiger partial charge in [0, 0.05) is 23.7 Å². The van der Waals surface area contributed by atoms with Crippen LogP contribution in [0.5, 0.6) is 0 Å². The summed E-state index contributed by atoms with van der Waals surface area (Å²) in [6, 6.07) is 8.76. The topological polar surface area (TPSA) is 15.3 Å². The predicted octanol–water partition coefficient (Wildman–Crippen LogP) is 4.61. The van der Waals surface area contributed by atoms with Gasteiger partial charge in [-0.25, -0.2) is 0 Å². The Morgan fingerprint density at radius 1 is 1.15 bits per heavy atom. The zero-order chi connectivity index (χ0) is 15.1. The van der Waals surface area contributed by atoms with Crippen LogP contribution < -0.4 is 5.32 Å². The van der Waals surface area contributed by atoms with Crippen LogP contribution in [0.15, 0.2) is 24.3 Å². The van der Waals surface area contributed by atoms with E-state index in [4.69, 9.17) is 23.8 Å². The predicted molar refractivity (Wildman–Crippen MR) is 92.2 cm³/mol. The molecule has 0 aliphatic rings. The van der Waals surface area contributed by atoms with E-state index in [0.29, 0.717) is 12.1 Å². The average Bonchev–Trinajstić information content (AvgIpc) is 2.46. The molecule has 2 atom stereocenters. The minimum Gasteiger partial charge on any atom is -0.358 e. The second-order valence-corrected chi connectivity index (χ2v) is 6.03. The molecule has 0 saturated heterocycles. The lowest BCUT2D eigenvalue weighted by atomic mass is 10.1. The van der Waals surface area contributed by atoms with Crippen LogP contribution in [0.4, 0.5) is 0 Å². The fraction of sp³-hybridized carbons (Fsp3) is 0.562. The zero-order valence-electron chi connectivity index (χ0n) is 12.8. The SMILES string of the molecule is CCC(C)N(C(=S)NCc1ccc(Cl)cc1)C(C)CC. The third kappa shape index (κ3) is 4.95. The molecule has 2 nitrogen and oxygen atoms in total. The number of thiocarbonyl (C=S) groups is 1. The average molecular weight is 313 g/mol. The van der Waals surface area contributed by atoms with Gasteiger partial charge in [0.25, 0.3) is 0 Å². The van der Waals surface area contributed by atoms with Gasteiger partial charge in [0.05, 0.1) is 0 Å². The van der Waals surface area contributed by atoms with E-state index >= 15 is 0 Å². The van der Waals surface area contributed by atoms with E-state index in [-0.39, 0.29) is 0 Å². The van der Waals surface area contributed by atoms with Crippen molar-refractivity contribution in [3.05, 3.63) is 34.9 Å². The first kappa shape index (κ1) is 17.3. The number of halogens is 1. The van der Waals surface area contributed by atoms with Gasteiger partial charge in [-0.15, -0.1) is 0 Å². The maximum atomic E-state index is 5.89. The summed E-state index contributed by atoms with van der Waals surface area (Å²) in [5, 5.41) is 4.96. The first-order valence-electron chi connectivity index (χ1n) is 7.30. The van der Waals surface area contributed by atoms with Crippen LogP contribution in [-0.2, 0) is 6.54 Å². The molecule has 0 saturated carbocycles. The summed E-state index contributed by atoms with van der Waals surface area (Å²) in [5.41, 5.74) is 1.19. The lowest BCUT2D eigenvalue weighted by Gasteiger charge is -2.36. The summed E-state index contributed by atoms with van der Waals surface area (Å²) in [5.74, 6) is 0. The lowest BCUT2D eigenvalue weighted by Crippen LogP contribution is -2.49. The fourth-order valence-electron chi connectivity index (χ4n) is 2.10. The molecule has 1 aromatic rings. The molecule has 1 rings (SSSR count). The molecule has 0 amide bonds. The van der Waals surface area contributed by atoms with Gasteiger partial charge in [-0.2, -0.15) is 0 Å². The van der Waals surface area contributed by atoms with Gasteiger partial charge in [0.2, 0.25) is 0 Å². The van der Waals surface area contributed by atoms with E-state index in [1.165, 1.54) is 5.56 Å². The van der Waals surface area contributed by atoms with Crippen molar-refractivity contribution < 1.29 is 0 Å². The Balaban J connectivity index is 2.64. The van der Waals surface area contributed by atoms with E-state index in [1.807, 2.05) is 24.3 Å². The molecule has 0 fully saturated rings. The third-order valence-corrected chi connectivity index (χ3v) is 4.33. The second-order valence-electron chi connectivity index (χ2n) is 5.21. The minimum absolute atomic E-state index is 0.454. The molecule has 0 aromatic heterocycles. The van der Waals surface area contributed by atoms with Crippen LogP contribution in [0, 0.1) is 0 Å². The molecule has 0 bridgehead atoms. The Hall–Kier alpha value is -0.800. The Morgan fingerprint density at radius 2 is 1.65 bits per heavy atom. The lowest BCUT2D eigenvalue weighted by molar-refractivity contribution is 0.247. The molecular formula is C16H25ClN2S. The molecule has 0 aliphatic heterocycles. The van der Waals surface area contributed by atoms with E-state index < -0.39 is 0 Å². The normalized spacial score (nSPS) is 13.7. The van der Waals surface area contributed by atoms with Gasteiger partial charge in [0.1, 0.15) is 0 Å². The summed E-state index contributed by atoms with van der Waals surface area (Å²) in [7, 11) is 0. The third-order valence-electron chi connectivity index (χ3n) is 3.72. The zero-order valence-corrected chi connectivity index (χ0v) is 14.4. The quantitative estimate of drug-likeness (QED) is 0.772. The molecule has 1 aromatic carbocycles. The van der Waals surface area contributed by atoms with Gasteiger partial charge < -0.3 is 10.2 Å². The fourth-order valence-corrected chi connectivity index (χ4v) is 2.66. The Bertz CT molecular complexity index is 409. The number of hydrogen-bond donors (Lipinski definition) is 1. The first-order valence-corrected chi connectivity index (χ1v) is 8.08. The summed E-state index contributed by atoms with van der Waals surface area (Å²) in [6.45, 7) is 9.58. The Kier molecular flexibility index (Phi) is 7.31. The standard InChI is InChI=1S/C16H25ClN2S/c1-5-12(3)19(13(4)6-2)16(20)18-11-14-7-9-15(17)10-8-14/h7-10,12-13H,5-6,11H2,1-4H3,(H,18,20). The van der Waals surface area contributed by atoms with Crippen molar-refractivity contribution in [3.63, 3.8) is 0 Å². The summed E-state index contributed by atoms with van der Waals surface area (Å²) < 4.78 is 0. The van der Waals surface area contributed by atoms with Crippen molar-refractivity contribution in [2.24, 2.45) is 0 Å².